The van der Waals surface area contributed by atoms with Crippen LogP contribution in [-0.4, -0.2) is 30.6 Å². The molecule has 0 fully saturated rings. The number of ether oxygens (including phenoxy) is 1. The van der Waals surface area contributed by atoms with E-state index < -0.39 is 0 Å². The molecular formula is C19H26N4O. The molecule has 0 amide bonds. The van der Waals surface area contributed by atoms with Crippen molar-refractivity contribution in [2.75, 3.05) is 19.7 Å². The summed E-state index contributed by atoms with van der Waals surface area (Å²) in [5.74, 6) is 1.71. The van der Waals surface area contributed by atoms with E-state index >= 15 is 0 Å². The number of nitrogens with one attached hydrogen (secondary N) is 2. The lowest BCUT2D eigenvalue weighted by atomic mass is 10.2. The number of nitrogens with zero attached hydrogens (tertiary/aromatic N) is 2. The zero-order chi connectivity index (χ0) is 17.0. The van der Waals surface area contributed by atoms with E-state index in [0.717, 1.165) is 36.8 Å². The fraction of sp³-hybridized carbons (Fsp3) is 0.368. The quantitative estimate of drug-likeness (QED) is 0.578. The zero-order valence-electron chi connectivity index (χ0n) is 14.5. The molecular weight excluding hydrogens is 300 g/mol. The molecule has 5 heteroatoms. The topological polar surface area (TPSA) is 58.5 Å². The van der Waals surface area contributed by atoms with Crippen molar-refractivity contribution in [2.24, 2.45) is 4.99 Å². The van der Waals surface area contributed by atoms with Crippen molar-refractivity contribution in [3.05, 3.63) is 59.9 Å². The Kier molecular flexibility index (Phi) is 7.60. The van der Waals surface area contributed by atoms with Crippen molar-refractivity contribution < 1.29 is 4.74 Å². The van der Waals surface area contributed by atoms with Gasteiger partial charge in [-0.15, -0.1) is 0 Å². The summed E-state index contributed by atoms with van der Waals surface area (Å²) >= 11 is 0. The van der Waals surface area contributed by atoms with Crippen LogP contribution in [0.1, 0.15) is 25.0 Å². The number of rotatable bonds is 8. The molecule has 5 nitrogen and oxygen atoms in total. The Hall–Kier alpha value is -2.56. The minimum Gasteiger partial charge on any atom is -0.494 e. The zero-order valence-corrected chi connectivity index (χ0v) is 14.5. The lowest BCUT2D eigenvalue weighted by Crippen LogP contribution is -2.38. The maximum Gasteiger partial charge on any atom is 0.191 e. The molecule has 0 saturated heterocycles. The van der Waals surface area contributed by atoms with Crippen LogP contribution in [-0.2, 0) is 13.0 Å². The normalized spacial score (nSPS) is 11.2. The van der Waals surface area contributed by atoms with Gasteiger partial charge in [0.15, 0.2) is 5.96 Å². The predicted octanol–water partition coefficient (Wildman–Crippen LogP) is 2.78. The average molecular weight is 326 g/mol. The van der Waals surface area contributed by atoms with Crippen LogP contribution in [0.4, 0.5) is 0 Å². The van der Waals surface area contributed by atoms with Crippen LogP contribution in [0, 0.1) is 0 Å². The van der Waals surface area contributed by atoms with E-state index in [0.29, 0.717) is 13.2 Å². The number of guanidine groups is 1. The molecule has 1 aromatic carbocycles. The SMILES string of the molecule is CCNC(=NCc1ccccc1OCC)NCCc1cccnc1. The van der Waals surface area contributed by atoms with E-state index in [1.807, 2.05) is 43.5 Å². The fourth-order valence-corrected chi connectivity index (χ4v) is 2.31. The van der Waals surface area contributed by atoms with Crippen LogP contribution < -0.4 is 15.4 Å². The van der Waals surface area contributed by atoms with Crippen molar-refractivity contribution in [3.63, 3.8) is 0 Å². The van der Waals surface area contributed by atoms with E-state index in [1.54, 1.807) is 6.20 Å². The summed E-state index contributed by atoms with van der Waals surface area (Å²) in [6.07, 6.45) is 4.59. The molecule has 0 spiro atoms. The summed E-state index contributed by atoms with van der Waals surface area (Å²) < 4.78 is 5.65. The Morgan fingerprint density at radius 1 is 1.12 bits per heavy atom. The minimum absolute atomic E-state index is 0.582. The molecule has 2 aromatic rings. The molecule has 1 aromatic heterocycles. The lowest BCUT2D eigenvalue weighted by molar-refractivity contribution is 0.336. The fourth-order valence-electron chi connectivity index (χ4n) is 2.31. The van der Waals surface area contributed by atoms with Crippen LogP contribution in [0.15, 0.2) is 53.8 Å². The van der Waals surface area contributed by atoms with Gasteiger partial charge >= 0.3 is 0 Å². The highest BCUT2D eigenvalue weighted by Crippen LogP contribution is 2.18. The van der Waals surface area contributed by atoms with Crippen LogP contribution in [0.5, 0.6) is 5.75 Å². The van der Waals surface area contributed by atoms with Crippen molar-refractivity contribution in [2.45, 2.75) is 26.8 Å². The summed E-state index contributed by atoms with van der Waals surface area (Å²) in [5, 5.41) is 6.63. The van der Waals surface area contributed by atoms with E-state index in [1.165, 1.54) is 5.56 Å². The highest BCUT2D eigenvalue weighted by atomic mass is 16.5. The van der Waals surface area contributed by atoms with Gasteiger partial charge in [0.05, 0.1) is 13.2 Å². The first-order valence-corrected chi connectivity index (χ1v) is 8.45. The van der Waals surface area contributed by atoms with Crippen molar-refractivity contribution in [1.82, 2.24) is 15.6 Å². The maximum absolute atomic E-state index is 5.65. The van der Waals surface area contributed by atoms with E-state index in [2.05, 4.69) is 33.6 Å². The first kappa shape index (κ1) is 17.8. The average Bonchev–Trinajstić information content (AvgIpc) is 2.62. The number of hydrogen-bond donors (Lipinski definition) is 2. The third-order valence-electron chi connectivity index (χ3n) is 3.45. The number of aliphatic imine (C=N–C) groups is 1. The summed E-state index contributed by atoms with van der Waals surface area (Å²) in [6.45, 7) is 6.93. The third kappa shape index (κ3) is 5.91. The third-order valence-corrected chi connectivity index (χ3v) is 3.45. The summed E-state index contributed by atoms with van der Waals surface area (Å²) in [6, 6.07) is 12.1. The van der Waals surface area contributed by atoms with Crippen molar-refractivity contribution >= 4 is 5.96 Å². The molecule has 2 N–H and O–H groups in total. The Bertz CT molecular complexity index is 628. The molecule has 24 heavy (non-hydrogen) atoms. The Morgan fingerprint density at radius 3 is 2.75 bits per heavy atom. The molecule has 0 aliphatic heterocycles. The van der Waals surface area contributed by atoms with Crippen LogP contribution >= 0.6 is 0 Å². The molecule has 128 valence electrons. The molecule has 0 atom stereocenters. The smallest absolute Gasteiger partial charge is 0.191 e. The lowest BCUT2D eigenvalue weighted by Gasteiger charge is -2.12. The number of aromatic nitrogens is 1. The molecule has 0 saturated carbocycles. The molecule has 0 aliphatic rings. The predicted molar refractivity (Wildman–Crippen MR) is 98.4 cm³/mol. The summed E-state index contributed by atoms with van der Waals surface area (Å²) in [7, 11) is 0. The number of benzene rings is 1. The first-order valence-electron chi connectivity index (χ1n) is 8.45. The minimum atomic E-state index is 0.582. The van der Waals surface area contributed by atoms with E-state index in [9.17, 15) is 0 Å². The second-order valence-electron chi connectivity index (χ2n) is 5.27. The van der Waals surface area contributed by atoms with Gasteiger partial charge in [-0.1, -0.05) is 24.3 Å². The van der Waals surface area contributed by atoms with E-state index in [4.69, 9.17) is 4.74 Å². The maximum atomic E-state index is 5.65. The Morgan fingerprint density at radius 2 is 2.00 bits per heavy atom. The van der Waals surface area contributed by atoms with Gasteiger partial charge in [-0.05, 0) is 38.0 Å². The summed E-state index contributed by atoms with van der Waals surface area (Å²) in [5.41, 5.74) is 2.30. The van der Waals surface area contributed by atoms with E-state index in [-0.39, 0.29) is 0 Å². The van der Waals surface area contributed by atoms with Gasteiger partial charge < -0.3 is 15.4 Å². The van der Waals surface area contributed by atoms with Crippen LogP contribution in [0.2, 0.25) is 0 Å². The largest absolute Gasteiger partial charge is 0.494 e. The van der Waals surface area contributed by atoms with Gasteiger partial charge in [0.2, 0.25) is 0 Å². The molecule has 0 bridgehead atoms. The van der Waals surface area contributed by atoms with Crippen LogP contribution in [0.25, 0.3) is 0 Å². The van der Waals surface area contributed by atoms with Crippen molar-refractivity contribution in [1.29, 1.82) is 0 Å². The standard InChI is InChI=1S/C19H26N4O/c1-3-21-19(22-13-11-16-8-7-12-20-14-16)23-15-17-9-5-6-10-18(17)24-4-2/h5-10,12,14H,3-4,11,13,15H2,1-2H3,(H2,21,22,23). The van der Waals surface area contributed by atoms with Gasteiger partial charge in [-0.25, -0.2) is 4.99 Å². The highest BCUT2D eigenvalue weighted by Gasteiger charge is 2.03. The van der Waals surface area contributed by atoms with Crippen molar-refractivity contribution in [3.8, 4) is 5.75 Å². The molecule has 0 unspecified atom stereocenters. The highest BCUT2D eigenvalue weighted by molar-refractivity contribution is 5.79. The molecule has 0 aliphatic carbocycles. The van der Waals surface area contributed by atoms with Gasteiger partial charge in [-0.3, -0.25) is 4.98 Å². The number of hydrogen-bond acceptors (Lipinski definition) is 3. The number of pyridine rings is 1. The van der Waals surface area contributed by atoms with Gasteiger partial charge in [0.25, 0.3) is 0 Å². The first-order chi connectivity index (χ1) is 11.8. The second kappa shape index (κ2) is 10.3. The van der Waals surface area contributed by atoms with Crippen LogP contribution in [0.3, 0.4) is 0 Å². The van der Waals surface area contributed by atoms with Gasteiger partial charge in [0, 0.05) is 31.0 Å². The Balaban J connectivity index is 1.93. The molecule has 2 rings (SSSR count). The van der Waals surface area contributed by atoms with Gasteiger partial charge in [0.1, 0.15) is 5.75 Å². The Labute approximate surface area is 144 Å². The number of para-hydroxylation sites is 1. The second-order valence-corrected chi connectivity index (χ2v) is 5.27. The summed E-state index contributed by atoms with van der Waals surface area (Å²) in [4.78, 5) is 8.79. The molecule has 0 radical (unpaired) electrons. The monoisotopic (exact) mass is 326 g/mol. The van der Waals surface area contributed by atoms with Gasteiger partial charge in [-0.2, -0.15) is 0 Å². The molecule has 1 heterocycles.